The van der Waals surface area contributed by atoms with E-state index in [-0.39, 0.29) is 43.8 Å². The Hall–Kier alpha value is -4.54. The molecular weight excluding hydrogens is 526 g/mol. The lowest BCUT2D eigenvalue weighted by Gasteiger charge is -2.31. The summed E-state index contributed by atoms with van der Waals surface area (Å²) >= 11 is 0. The van der Waals surface area contributed by atoms with Gasteiger partial charge in [-0.3, -0.25) is 19.5 Å². The summed E-state index contributed by atoms with van der Waals surface area (Å²) in [5.74, 6) is 1.00. The number of benzene rings is 2. The standard InChI is InChI=1S/C30H37N5O6/c1-32-25(15-24(31)22-11-12-22)29(37)33-16-23-5-4-6-26(28(23)39-3)40-18-20-7-9-21(10-8-20)19-41-30(38)35-14-13-34(2)27(36)17-35/h4-10,15,22H,11-14,16-19,31H2,1-3H3,(H,33,37)/b24-15-,32-25?. The van der Waals surface area contributed by atoms with Gasteiger partial charge in [-0.15, -0.1) is 0 Å². The van der Waals surface area contributed by atoms with Crippen molar-refractivity contribution in [1.82, 2.24) is 15.1 Å². The van der Waals surface area contributed by atoms with E-state index in [4.69, 9.17) is 19.9 Å². The Morgan fingerprint density at radius 1 is 1.10 bits per heavy atom. The predicted octanol–water partition coefficient (Wildman–Crippen LogP) is 2.62. The maximum atomic E-state index is 12.7. The van der Waals surface area contributed by atoms with Crippen LogP contribution >= 0.6 is 0 Å². The highest BCUT2D eigenvalue weighted by Gasteiger charge is 2.26. The molecule has 0 aromatic heterocycles. The Labute approximate surface area is 239 Å². The number of rotatable bonds is 11. The lowest BCUT2D eigenvalue weighted by atomic mass is 10.1. The highest BCUT2D eigenvalue weighted by Crippen LogP contribution is 2.34. The zero-order valence-corrected chi connectivity index (χ0v) is 23.7. The van der Waals surface area contributed by atoms with E-state index in [9.17, 15) is 14.4 Å². The van der Waals surface area contributed by atoms with E-state index < -0.39 is 6.09 Å². The number of hydrogen-bond donors (Lipinski definition) is 2. The number of nitrogens with zero attached hydrogens (tertiary/aromatic N) is 3. The number of para-hydroxylation sites is 1. The minimum atomic E-state index is -0.501. The molecule has 0 bridgehead atoms. The number of allylic oxidation sites excluding steroid dienone is 1. The highest BCUT2D eigenvalue weighted by molar-refractivity contribution is 6.43. The second kappa shape index (κ2) is 13.7. The van der Waals surface area contributed by atoms with Gasteiger partial charge in [0.15, 0.2) is 11.5 Å². The third-order valence-corrected chi connectivity index (χ3v) is 7.02. The molecule has 41 heavy (non-hydrogen) atoms. The number of likely N-dealkylation sites (N-methyl/N-ethyl adjacent to an activating group) is 1. The first-order chi connectivity index (χ1) is 19.8. The maximum absolute atomic E-state index is 12.7. The van der Waals surface area contributed by atoms with Gasteiger partial charge in [0.25, 0.3) is 5.91 Å². The van der Waals surface area contributed by atoms with Crippen molar-refractivity contribution in [3.8, 4) is 11.5 Å². The second-order valence-electron chi connectivity index (χ2n) is 10.1. The first kappa shape index (κ1) is 29.4. The molecule has 0 spiro atoms. The zero-order chi connectivity index (χ0) is 29.4. The van der Waals surface area contributed by atoms with Gasteiger partial charge in [0.05, 0.1) is 7.11 Å². The molecule has 2 aromatic carbocycles. The summed E-state index contributed by atoms with van der Waals surface area (Å²) in [6, 6.07) is 13.0. The number of hydrogen-bond acceptors (Lipinski definition) is 8. The van der Waals surface area contributed by atoms with Crippen molar-refractivity contribution >= 4 is 23.6 Å². The van der Waals surface area contributed by atoms with E-state index in [0.29, 0.717) is 36.2 Å². The van der Waals surface area contributed by atoms with Crippen LogP contribution in [0, 0.1) is 5.92 Å². The fourth-order valence-electron chi connectivity index (χ4n) is 4.28. The van der Waals surface area contributed by atoms with E-state index in [0.717, 1.165) is 29.5 Å². The molecule has 218 valence electrons. The Balaban J connectivity index is 1.28. The van der Waals surface area contributed by atoms with Gasteiger partial charge in [0, 0.05) is 45.0 Å². The molecule has 2 aromatic rings. The van der Waals surface area contributed by atoms with E-state index in [2.05, 4.69) is 10.3 Å². The summed E-state index contributed by atoms with van der Waals surface area (Å²) in [5, 5.41) is 2.88. The molecule has 1 aliphatic carbocycles. The van der Waals surface area contributed by atoms with Crippen LogP contribution in [0.4, 0.5) is 4.79 Å². The lowest BCUT2D eigenvalue weighted by Crippen LogP contribution is -2.50. The van der Waals surface area contributed by atoms with Crippen molar-refractivity contribution in [3.63, 3.8) is 0 Å². The van der Waals surface area contributed by atoms with E-state index in [1.165, 1.54) is 4.90 Å². The molecule has 1 saturated heterocycles. The van der Waals surface area contributed by atoms with Crippen LogP contribution in [0.2, 0.25) is 0 Å². The van der Waals surface area contributed by atoms with Crippen molar-refractivity contribution in [2.24, 2.45) is 16.6 Å². The zero-order valence-electron chi connectivity index (χ0n) is 23.7. The average molecular weight is 564 g/mol. The van der Waals surface area contributed by atoms with Gasteiger partial charge in [-0.1, -0.05) is 36.4 Å². The molecule has 11 heteroatoms. The lowest BCUT2D eigenvalue weighted by molar-refractivity contribution is -0.133. The summed E-state index contributed by atoms with van der Waals surface area (Å²) in [7, 11) is 4.84. The van der Waals surface area contributed by atoms with Crippen LogP contribution < -0.4 is 20.5 Å². The van der Waals surface area contributed by atoms with Crippen molar-refractivity contribution in [2.45, 2.75) is 32.6 Å². The third-order valence-electron chi connectivity index (χ3n) is 7.02. The van der Waals surface area contributed by atoms with Gasteiger partial charge in [0.2, 0.25) is 5.91 Å². The minimum Gasteiger partial charge on any atom is -0.493 e. The van der Waals surface area contributed by atoms with E-state index in [1.54, 1.807) is 38.2 Å². The maximum Gasteiger partial charge on any atom is 0.410 e. The molecule has 2 fully saturated rings. The number of methoxy groups -OCH3 is 1. The molecule has 4 rings (SSSR count). The monoisotopic (exact) mass is 563 g/mol. The topological polar surface area (TPSA) is 136 Å². The number of aliphatic imine (C=N–C) groups is 1. The van der Waals surface area contributed by atoms with Crippen LogP contribution in [0.15, 0.2) is 59.2 Å². The van der Waals surface area contributed by atoms with Crippen molar-refractivity contribution in [1.29, 1.82) is 0 Å². The molecule has 0 atom stereocenters. The summed E-state index contributed by atoms with van der Waals surface area (Å²) in [4.78, 5) is 43.9. The van der Waals surface area contributed by atoms with Gasteiger partial charge >= 0.3 is 6.09 Å². The molecule has 1 saturated carbocycles. The number of carbonyl (C=O) groups is 3. The SMILES string of the molecule is CN=C(/C=C(\N)C1CC1)C(=O)NCc1cccc(OCc2ccc(COC(=O)N3CCN(C)C(=O)C3)cc2)c1OC. The number of amides is 3. The largest absolute Gasteiger partial charge is 0.493 e. The van der Waals surface area contributed by atoms with Gasteiger partial charge in [0.1, 0.15) is 25.5 Å². The number of carbonyl (C=O) groups excluding carboxylic acids is 3. The van der Waals surface area contributed by atoms with E-state index in [1.807, 2.05) is 36.4 Å². The summed E-state index contributed by atoms with van der Waals surface area (Å²) in [5.41, 5.74) is 9.51. The fraction of sp³-hybridized carbons (Fsp3) is 0.400. The van der Waals surface area contributed by atoms with Crippen LogP contribution in [-0.4, -0.2) is 74.3 Å². The quantitative estimate of drug-likeness (QED) is 0.401. The fourth-order valence-corrected chi connectivity index (χ4v) is 4.28. The highest BCUT2D eigenvalue weighted by atomic mass is 16.6. The number of piperazine rings is 1. The van der Waals surface area contributed by atoms with Crippen molar-refractivity contribution < 1.29 is 28.6 Å². The Morgan fingerprint density at radius 2 is 1.80 bits per heavy atom. The smallest absolute Gasteiger partial charge is 0.410 e. The van der Waals surface area contributed by atoms with Crippen LogP contribution in [0.5, 0.6) is 11.5 Å². The predicted molar refractivity (Wildman–Crippen MR) is 153 cm³/mol. The molecule has 2 aliphatic rings. The minimum absolute atomic E-state index is 0.0313. The summed E-state index contributed by atoms with van der Waals surface area (Å²) < 4.78 is 17.0. The van der Waals surface area contributed by atoms with Gasteiger partial charge in [-0.05, 0) is 42.0 Å². The average Bonchev–Trinajstić information content (AvgIpc) is 3.84. The molecule has 3 amide bonds. The molecule has 3 N–H and O–H groups in total. The van der Waals surface area contributed by atoms with Gasteiger partial charge < -0.3 is 30.2 Å². The Morgan fingerprint density at radius 3 is 2.44 bits per heavy atom. The first-order valence-corrected chi connectivity index (χ1v) is 13.5. The molecule has 0 unspecified atom stereocenters. The Bertz CT molecular complexity index is 1320. The van der Waals surface area contributed by atoms with Crippen LogP contribution in [0.25, 0.3) is 0 Å². The summed E-state index contributed by atoms with van der Waals surface area (Å²) in [6.07, 6.45) is 3.24. The normalized spacial score (nSPS) is 15.9. The number of nitrogens with one attached hydrogen (secondary N) is 1. The third kappa shape index (κ3) is 8.00. The number of nitrogens with two attached hydrogens (primary N) is 1. The molecule has 0 radical (unpaired) electrons. The molecular formula is C30H37N5O6. The summed E-state index contributed by atoms with van der Waals surface area (Å²) in [6.45, 7) is 1.60. The van der Waals surface area contributed by atoms with Gasteiger partial charge in [-0.2, -0.15) is 0 Å². The van der Waals surface area contributed by atoms with Gasteiger partial charge in [-0.25, -0.2) is 4.79 Å². The Kier molecular flexibility index (Phi) is 9.83. The first-order valence-electron chi connectivity index (χ1n) is 13.5. The van der Waals surface area contributed by atoms with Crippen molar-refractivity contribution in [3.05, 3.63) is 70.9 Å². The number of ether oxygens (including phenoxy) is 3. The van der Waals surface area contributed by atoms with Crippen molar-refractivity contribution in [2.75, 3.05) is 40.8 Å². The second-order valence-corrected chi connectivity index (χ2v) is 10.1. The molecule has 11 nitrogen and oxygen atoms in total. The van der Waals surface area contributed by atoms with Crippen LogP contribution in [0.1, 0.15) is 29.5 Å². The van der Waals surface area contributed by atoms with Crippen LogP contribution in [0.3, 0.4) is 0 Å². The van der Waals surface area contributed by atoms with Crippen LogP contribution in [-0.2, 0) is 34.1 Å². The van der Waals surface area contributed by atoms with E-state index >= 15 is 0 Å². The molecule has 1 aliphatic heterocycles. The molecule has 1 heterocycles.